The van der Waals surface area contributed by atoms with Crippen molar-refractivity contribution in [2.75, 3.05) is 14.2 Å². The Morgan fingerprint density at radius 2 is 1.09 bits per heavy atom. The fourth-order valence-electron chi connectivity index (χ4n) is 1.88. The molecular weight excluding hydrogens is 280 g/mol. The quantitative estimate of drug-likeness (QED) is 0.898. The van der Waals surface area contributed by atoms with Gasteiger partial charge in [0.25, 0.3) is 0 Å². The predicted molar refractivity (Wildman–Crippen MR) is 88.1 cm³/mol. The minimum Gasteiger partial charge on any atom is -0.504 e. The Balaban J connectivity index is 0.000000220. The van der Waals surface area contributed by atoms with E-state index < -0.39 is 0 Å². The summed E-state index contributed by atoms with van der Waals surface area (Å²) in [5.74, 6) is 1.49. The molecule has 0 atom stereocenters. The summed E-state index contributed by atoms with van der Waals surface area (Å²) < 4.78 is 9.87. The van der Waals surface area contributed by atoms with Gasteiger partial charge in [-0.1, -0.05) is 26.0 Å². The first-order valence-electron chi connectivity index (χ1n) is 7.27. The van der Waals surface area contributed by atoms with Crippen molar-refractivity contribution in [3.05, 3.63) is 47.5 Å². The Kier molecular flexibility index (Phi) is 7.09. The van der Waals surface area contributed by atoms with Gasteiger partial charge in [-0.25, -0.2) is 0 Å². The van der Waals surface area contributed by atoms with Crippen molar-refractivity contribution < 1.29 is 19.7 Å². The number of hydrogen-bond acceptors (Lipinski definition) is 4. The average molecular weight is 304 g/mol. The van der Waals surface area contributed by atoms with E-state index in [4.69, 9.17) is 9.47 Å². The van der Waals surface area contributed by atoms with Crippen molar-refractivity contribution in [1.82, 2.24) is 0 Å². The highest BCUT2D eigenvalue weighted by atomic mass is 16.5. The summed E-state index contributed by atoms with van der Waals surface area (Å²) in [5.41, 5.74) is 2.33. The minimum absolute atomic E-state index is 0.199. The average Bonchev–Trinajstić information content (AvgIpc) is 2.56. The van der Waals surface area contributed by atoms with E-state index in [2.05, 4.69) is 13.8 Å². The lowest BCUT2D eigenvalue weighted by atomic mass is 10.1. The number of benzene rings is 2. The molecule has 0 aromatic heterocycles. The molecular formula is C18H24O4. The van der Waals surface area contributed by atoms with E-state index in [9.17, 15) is 10.2 Å². The number of hydrogen-bond donors (Lipinski definition) is 2. The second kappa shape index (κ2) is 8.82. The van der Waals surface area contributed by atoms with E-state index in [-0.39, 0.29) is 11.5 Å². The van der Waals surface area contributed by atoms with Crippen LogP contribution in [0.1, 0.15) is 25.0 Å². The third kappa shape index (κ3) is 4.88. The Labute approximate surface area is 131 Å². The van der Waals surface area contributed by atoms with Gasteiger partial charge < -0.3 is 19.7 Å². The van der Waals surface area contributed by atoms with E-state index in [1.807, 2.05) is 24.3 Å². The van der Waals surface area contributed by atoms with Crippen LogP contribution in [-0.4, -0.2) is 24.4 Å². The first kappa shape index (κ1) is 17.7. The maximum atomic E-state index is 9.21. The highest BCUT2D eigenvalue weighted by Crippen LogP contribution is 2.26. The number of aromatic hydroxyl groups is 2. The molecule has 0 aliphatic heterocycles. The summed E-state index contributed by atoms with van der Waals surface area (Å²) in [4.78, 5) is 0. The summed E-state index contributed by atoms with van der Waals surface area (Å²) in [6, 6.07) is 10.8. The zero-order valence-corrected chi connectivity index (χ0v) is 13.6. The van der Waals surface area contributed by atoms with E-state index in [0.29, 0.717) is 11.5 Å². The van der Waals surface area contributed by atoms with E-state index >= 15 is 0 Å². The van der Waals surface area contributed by atoms with Gasteiger partial charge in [0.15, 0.2) is 23.0 Å². The molecule has 0 aliphatic rings. The molecule has 0 heterocycles. The lowest BCUT2D eigenvalue weighted by molar-refractivity contribution is 0.373. The van der Waals surface area contributed by atoms with Gasteiger partial charge in [-0.15, -0.1) is 0 Å². The lowest BCUT2D eigenvalue weighted by Gasteiger charge is -2.03. The molecule has 22 heavy (non-hydrogen) atoms. The molecule has 0 amide bonds. The zero-order chi connectivity index (χ0) is 16.5. The van der Waals surface area contributed by atoms with Crippen molar-refractivity contribution in [2.24, 2.45) is 0 Å². The third-order valence-corrected chi connectivity index (χ3v) is 3.30. The van der Waals surface area contributed by atoms with Crippen LogP contribution in [0.3, 0.4) is 0 Å². The zero-order valence-electron chi connectivity index (χ0n) is 13.6. The molecule has 0 fully saturated rings. The Morgan fingerprint density at radius 3 is 1.36 bits per heavy atom. The molecule has 2 rings (SSSR count). The first-order valence-corrected chi connectivity index (χ1v) is 7.27. The summed E-state index contributed by atoms with van der Waals surface area (Å²) in [7, 11) is 3.10. The van der Waals surface area contributed by atoms with Crippen LogP contribution < -0.4 is 9.47 Å². The largest absolute Gasteiger partial charge is 0.504 e. The Hall–Kier alpha value is -2.36. The number of rotatable bonds is 4. The SMILES string of the molecule is CCc1ccc(O)c(OC)c1.CCc1ccc(O)c(OC)c1. The third-order valence-electron chi connectivity index (χ3n) is 3.30. The molecule has 0 bridgehead atoms. The van der Waals surface area contributed by atoms with Gasteiger partial charge in [-0.2, -0.15) is 0 Å². The highest BCUT2D eigenvalue weighted by Gasteiger charge is 2.00. The van der Waals surface area contributed by atoms with Gasteiger partial charge in [0, 0.05) is 0 Å². The maximum absolute atomic E-state index is 9.21. The van der Waals surface area contributed by atoms with Gasteiger partial charge in [0.05, 0.1) is 14.2 Å². The van der Waals surface area contributed by atoms with Crippen LogP contribution in [0.25, 0.3) is 0 Å². The van der Waals surface area contributed by atoms with Crippen molar-refractivity contribution in [3.63, 3.8) is 0 Å². The number of phenolic OH excluding ortho intramolecular Hbond substituents is 2. The fourth-order valence-corrected chi connectivity index (χ4v) is 1.88. The van der Waals surface area contributed by atoms with Crippen LogP contribution in [-0.2, 0) is 12.8 Å². The van der Waals surface area contributed by atoms with Crippen LogP contribution >= 0.6 is 0 Å². The summed E-state index contributed by atoms with van der Waals surface area (Å²) in [6.07, 6.45) is 1.91. The minimum atomic E-state index is 0.199. The second-order valence-corrected chi connectivity index (χ2v) is 4.72. The first-order chi connectivity index (χ1) is 10.5. The second-order valence-electron chi connectivity index (χ2n) is 4.72. The normalized spacial score (nSPS) is 9.64. The molecule has 2 aromatic rings. The molecule has 2 aromatic carbocycles. The van der Waals surface area contributed by atoms with Crippen molar-refractivity contribution in [3.8, 4) is 23.0 Å². The van der Waals surface area contributed by atoms with Gasteiger partial charge in [-0.05, 0) is 48.2 Å². The molecule has 4 heteroatoms. The predicted octanol–water partition coefficient (Wildman–Crippen LogP) is 3.93. The molecule has 0 saturated carbocycles. The summed E-state index contributed by atoms with van der Waals surface area (Å²) in [5, 5.41) is 18.4. The van der Waals surface area contributed by atoms with E-state index in [0.717, 1.165) is 12.8 Å². The molecule has 120 valence electrons. The van der Waals surface area contributed by atoms with Gasteiger partial charge in [0.1, 0.15) is 0 Å². The monoisotopic (exact) mass is 304 g/mol. The van der Waals surface area contributed by atoms with E-state index in [1.54, 1.807) is 26.4 Å². The van der Waals surface area contributed by atoms with Gasteiger partial charge >= 0.3 is 0 Å². The Bertz CT molecular complexity index is 540. The maximum Gasteiger partial charge on any atom is 0.160 e. The molecule has 0 radical (unpaired) electrons. The molecule has 0 saturated heterocycles. The molecule has 0 aliphatic carbocycles. The van der Waals surface area contributed by atoms with Gasteiger partial charge in [-0.3, -0.25) is 0 Å². The van der Waals surface area contributed by atoms with Gasteiger partial charge in [0.2, 0.25) is 0 Å². The standard InChI is InChI=1S/2C9H12O2/c2*1-3-7-4-5-8(10)9(6-7)11-2/h2*4-6,10H,3H2,1-2H3. The summed E-state index contributed by atoms with van der Waals surface area (Å²) >= 11 is 0. The smallest absolute Gasteiger partial charge is 0.160 e. The molecule has 0 unspecified atom stereocenters. The van der Waals surface area contributed by atoms with E-state index in [1.165, 1.54) is 11.1 Å². The number of methoxy groups -OCH3 is 2. The molecule has 4 nitrogen and oxygen atoms in total. The van der Waals surface area contributed by atoms with Crippen molar-refractivity contribution in [1.29, 1.82) is 0 Å². The summed E-state index contributed by atoms with van der Waals surface area (Å²) in [6.45, 7) is 4.12. The molecule has 0 spiro atoms. The topological polar surface area (TPSA) is 58.9 Å². The number of phenols is 2. The van der Waals surface area contributed by atoms with Crippen LogP contribution in [0.15, 0.2) is 36.4 Å². The van der Waals surface area contributed by atoms with Crippen molar-refractivity contribution >= 4 is 0 Å². The van der Waals surface area contributed by atoms with Crippen molar-refractivity contribution in [2.45, 2.75) is 26.7 Å². The van der Waals surface area contributed by atoms with Crippen LogP contribution in [0.5, 0.6) is 23.0 Å². The number of ether oxygens (including phenoxy) is 2. The van der Waals surface area contributed by atoms with Crippen LogP contribution in [0, 0.1) is 0 Å². The lowest BCUT2D eigenvalue weighted by Crippen LogP contribution is -1.86. The number of aryl methyl sites for hydroxylation is 2. The fraction of sp³-hybridized carbons (Fsp3) is 0.333. The van der Waals surface area contributed by atoms with Crippen LogP contribution in [0.4, 0.5) is 0 Å². The Morgan fingerprint density at radius 1 is 0.727 bits per heavy atom. The molecule has 2 N–H and O–H groups in total. The van der Waals surface area contributed by atoms with Crippen LogP contribution in [0.2, 0.25) is 0 Å². The highest BCUT2D eigenvalue weighted by molar-refractivity contribution is 5.42.